The number of amides is 1. The number of aromatic nitrogens is 1. The summed E-state index contributed by atoms with van der Waals surface area (Å²) in [5, 5.41) is 6.02. The lowest BCUT2D eigenvalue weighted by Gasteiger charge is -2.08. The molecule has 0 bridgehead atoms. The van der Waals surface area contributed by atoms with E-state index in [1.165, 1.54) is 0 Å². The van der Waals surface area contributed by atoms with E-state index in [1.54, 1.807) is 6.07 Å². The van der Waals surface area contributed by atoms with Crippen molar-refractivity contribution in [1.82, 2.24) is 10.3 Å². The number of nitrogens with one attached hydrogen (secondary N) is 2. The first kappa shape index (κ1) is 13.5. The lowest BCUT2D eigenvalue weighted by atomic mass is 10.2. The smallest absolute Gasteiger partial charge is 0.269 e. The van der Waals surface area contributed by atoms with E-state index < -0.39 is 0 Å². The second-order valence-corrected chi connectivity index (χ2v) is 4.44. The molecule has 0 atom stereocenters. The van der Waals surface area contributed by atoms with E-state index >= 15 is 0 Å². The fraction of sp³-hybridized carbons (Fsp3) is 0.538. The number of pyridine rings is 1. The first-order chi connectivity index (χ1) is 8.13. The second-order valence-electron chi connectivity index (χ2n) is 4.44. The number of carbonyl (C=O) groups excluding carboxylic acids is 1. The van der Waals surface area contributed by atoms with E-state index in [4.69, 9.17) is 0 Å². The van der Waals surface area contributed by atoms with Gasteiger partial charge in [0.1, 0.15) is 11.5 Å². The molecule has 0 fully saturated rings. The minimum absolute atomic E-state index is 0.112. The Morgan fingerprint density at radius 2 is 2.18 bits per heavy atom. The Labute approximate surface area is 103 Å². The molecule has 4 nitrogen and oxygen atoms in total. The van der Waals surface area contributed by atoms with E-state index in [0.717, 1.165) is 18.8 Å². The Kier molecular flexibility index (Phi) is 5.46. The van der Waals surface area contributed by atoms with Gasteiger partial charge in [0, 0.05) is 13.1 Å². The van der Waals surface area contributed by atoms with Gasteiger partial charge in [-0.2, -0.15) is 0 Å². The fourth-order valence-electron chi connectivity index (χ4n) is 1.30. The monoisotopic (exact) mass is 235 g/mol. The zero-order valence-electron chi connectivity index (χ0n) is 10.8. The van der Waals surface area contributed by atoms with Gasteiger partial charge in [0.05, 0.1) is 0 Å². The van der Waals surface area contributed by atoms with Crippen molar-refractivity contribution < 1.29 is 4.79 Å². The highest BCUT2D eigenvalue weighted by atomic mass is 16.1. The van der Waals surface area contributed by atoms with Crippen molar-refractivity contribution in [3.05, 3.63) is 23.9 Å². The third kappa shape index (κ3) is 4.85. The number of hydrogen-bond acceptors (Lipinski definition) is 3. The van der Waals surface area contributed by atoms with Crippen LogP contribution in [0.15, 0.2) is 18.2 Å². The molecule has 1 aromatic heterocycles. The SMILES string of the molecule is CCCNc1cccc(C(=O)NCC(C)C)n1. The lowest BCUT2D eigenvalue weighted by Crippen LogP contribution is -2.28. The van der Waals surface area contributed by atoms with Crippen LogP contribution in [0.2, 0.25) is 0 Å². The van der Waals surface area contributed by atoms with E-state index in [9.17, 15) is 4.79 Å². The van der Waals surface area contributed by atoms with Crippen LogP contribution in [0, 0.1) is 5.92 Å². The first-order valence-electron chi connectivity index (χ1n) is 6.12. The number of carbonyl (C=O) groups is 1. The Balaban J connectivity index is 2.60. The summed E-state index contributed by atoms with van der Waals surface area (Å²) in [4.78, 5) is 16.0. The van der Waals surface area contributed by atoms with Crippen molar-refractivity contribution in [3.8, 4) is 0 Å². The van der Waals surface area contributed by atoms with Crippen molar-refractivity contribution in [1.29, 1.82) is 0 Å². The molecule has 0 aliphatic carbocycles. The molecule has 0 aromatic carbocycles. The van der Waals surface area contributed by atoms with Gasteiger partial charge >= 0.3 is 0 Å². The van der Waals surface area contributed by atoms with Crippen LogP contribution in [0.3, 0.4) is 0 Å². The summed E-state index contributed by atoms with van der Waals surface area (Å²) in [6, 6.07) is 5.44. The van der Waals surface area contributed by atoms with Crippen molar-refractivity contribution in [2.75, 3.05) is 18.4 Å². The zero-order chi connectivity index (χ0) is 12.7. The zero-order valence-corrected chi connectivity index (χ0v) is 10.8. The molecule has 0 spiro atoms. The average Bonchev–Trinajstić information content (AvgIpc) is 2.33. The summed E-state index contributed by atoms with van der Waals surface area (Å²) in [5.74, 6) is 1.09. The van der Waals surface area contributed by atoms with Crippen LogP contribution in [0.1, 0.15) is 37.7 Å². The van der Waals surface area contributed by atoms with Gasteiger partial charge in [0.25, 0.3) is 5.91 Å². The molecule has 1 heterocycles. The van der Waals surface area contributed by atoms with Crippen molar-refractivity contribution in [3.63, 3.8) is 0 Å². The third-order valence-corrected chi connectivity index (χ3v) is 2.21. The van der Waals surface area contributed by atoms with E-state index in [0.29, 0.717) is 18.2 Å². The van der Waals surface area contributed by atoms with Gasteiger partial charge in [-0.05, 0) is 24.5 Å². The lowest BCUT2D eigenvalue weighted by molar-refractivity contribution is 0.0944. The Morgan fingerprint density at radius 1 is 1.41 bits per heavy atom. The van der Waals surface area contributed by atoms with Crippen LogP contribution in [-0.4, -0.2) is 24.0 Å². The van der Waals surface area contributed by atoms with Gasteiger partial charge in [-0.25, -0.2) is 4.98 Å². The number of rotatable bonds is 6. The van der Waals surface area contributed by atoms with Crippen LogP contribution in [0.25, 0.3) is 0 Å². The summed E-state index contributed by atoms with van der Waals surface area (Å²) in [6.07, 6.45) is 1.03. The van der Waals surface area contributed by atoms with Crippen LogP contribution in [0.5, 0.6) is 0 Å². The molecule has 1 amide bonds. The minimum atomic E-state index is -0.112. The Hall–Kier alpha value is -1.58. The summed E-state index contributed by atoms with van der Waals surface area (Å²) < 4.78 is 0. The molecule has 0 saturated heterocycles. The minimum Gasteiger partial charge on any atom is -0.370 e. The second kappa shape index (κ2) is 6.89. The molecule has 0 radical (unpaired) electrons. The van der Waals surface area contributed by atoms with Gasteiger partial charge in [-0.3, -0.25) is 4.79 Å². The molecule has 94 valence electrons. The molecule has 0 aliphatic rings. The number of nitrogens with zero attached hydrogens (tertiary/aromatic N) is 1. The molecule has 1 rings (SSSR count). The molecule has 0 unspecified atom stereocenters. The molecule has 0 aliphatic heterocycles. The van der Waals surface area contributed by atoms with Crippen molar-refractivity contribution in [2.24, 2.45) is 5.92 Å². The van der Waals surface area contributed by atoms with E-state index in [1.807, 2.05) is 12.1 Å². The Bertz CT molecular complexity index is 363. The average molecular weight is 235 g/mol. The van der Waals surface area contributed by atoms with Gasteiger partial charge in [-0.1, -0.05) is 26.8 Å². The van der Waals surface area contributed by atoms with Gasteiger partial charge in [0.2, 0.25) is 0 Å². The highest BCUT2D eigenvalue weighted by molar-refractivity contribution is 5.92. The predicted octanol–water partition coefficient (Wildman–Crippen LogP) is 2.29. The van der Waals surface area contributed by atoms with Crippen LogP contribution in [-0.2, 0) is 0 Å². The van der Waals surface area contributed by atoms with Crippen LogP contribution >= 0.6 is 0 Å². The van der Waals surface area contributed by atoms with E-state index in [-0.39, 0.29) is 5.91 Å². The molecule has 0 saturated carbocycles. The molecule has 17 heavy (non-hydrogen) atoms. The largest absolute Gasteiger partial charge is 0.370 e. The van der Waals surface area contributed by atoms with Crippen molar-refractivity contribution in [2.45, 2.75) is 27.2 Å². The summed E-state index contributed by atoms with van der Waals surface area (Å²) in [7, 11) is 0. The summed E-state index contributed by atoms with van der Waals surface area (Å²) >= 11 is 0. The van der Waals surface area contributed by atoms with Crippen molar-refractivity contribution >= 4 is 11.7 Å². The number of anilines is 1. The van der Waals surface area contributed by atoms with Gasteiger partial charge in [-0.15, -0.1) is 0 Å². The van der Waals surface area contributed by atoms with Gasteiger partial charge in [0.15, 0.2) is 0 Å². The fourth-order valence-corrected chi connectivity index (χ4v) is 1.30. The van der Waals surface area contributed by atoms with E-state index in [2.05, 4.69) is 36.4 Å². The maximum atomic E-state index is 11.8. The molecular weight excluding hydrogens is 214 g/mol. The van der Waals surface area contributed by atoms with Crippen LogP contribution in [0.4, 0.5) is 5.82 Å². The van der Waals surface area contributed by atoms with Crippen LogP contribution < -0.4 is 10.6 Å². The topological polar surface area (TPSA) is 54.0 Å². The molecule has 1 aromatic rings. The first-order valence-corrected chi connectivity index (χ1v) is 6.12. The highest BCUT2D eigenvalue weighted by Gasteiger charge is 2.07. The number of hydrogen-bond donors (Lipinski definition) is 2. The highest BCUT2D eigenvalue weighted by Crippen LogP contribution is 2.05. The van der Waals surface area contributed by atoms with Gasteiger partial charge < -0.3 is 10.6 Å². The third-order valence-electron chi connectivity index (χ3n) is 2.21. The standard InChI is InChI=1S/C13H21N3O/c1-4-8-14-12-7-5-6-11(16-12)13(17)15-9-10(2)3/h5-7,10H,4,8-9H2,1-3H3,(H,14,16)(H,15,17). The maximum Gasteiger partial charge on any atom is 0.269 e. The summed E-state index contributed by atoms with van der Waals surface area (Å²) in [5.41, 5.74) is 0.465. The molecule has 4 heteroatoms. The predicted molar refractivity (Wildman–Crippen MR) is 70.2 cm³/mol. The maximum absolute atomic E-state index is 11.8. The quantitative estimate of drug-likeness (QED) is 0.795. The normalized spacial score (nSPS) is 10.4. The Morgan fingerprint density at radius 3 is 2.82 bits per heavy atom. The molecule has 2 N–H and O–H groups in total. The summed E-state index contributed by atoms with van der Waals surface area (Å²) in [6.45, 7) is 7.75. The molecular formula is C13H21N3O.